The van der Waals surface area contributed by atoms with Gasteiger partial charge < -0.3 is 19.5 Å². The van der Waals surface area contributed by atoms with Gasteiger partial charge in [-0.3, -0.25) is 9.78 Å². The van der Waals surface area contributed by atoms with Crippen molar-refractivity contribution in [1.82, 2.24) is 20.4 Å². The van der Waals surface area contributed by atoms with Crippen molar-refractivity contribution in [1.29, 1.82) is 0 Å². The third kappa shape index (κ3) is 4.53. The quantitative estimate of drug-likeness (QED) is 0.688. The van der Waals surface area contributed by atoms with Gasteiger partial charge in [-0.2, -0.15) is 4.98 Å². The van der Waals surface area contributed by atoms with Crippen LogP contribution in [0.3, 0.4) is 0 Å². The molecule has 0 aliphatic carbocycles. The summed E-state index contributed by atoms with van der Waals surface area (Å²) in [7, 11) is 1.63. The molecule has 3 aromatic rings. The van der Waals surface area contributed by atoms with Gasteiger partial charge in [-0.1, -0.05) is 11.2 Å². The number of carbonyl (C=O) groups excluding carboxylic acids is 1. The number of nitrogens with zero attached hydrogens (tertiary/aromatic N) is 4. The van der Waals surface area contributed by atoms with Crippen molar-refractivity contribution in [2.45, 2.75) is 19.4 Å². The van der Waals surface area contributed by atoms with E-state index in [1.165, 1.54) is 0 Å². The molecule has 1 amide bonds. The molecule has 4 rings (SSSR count). The van der Waals surface area contributed by atoms with Crippen molar-refractivity contribution in [3.05, 3.63) is 54.4 Å². The van der Waals surface area contributed by atoms with E-state index in [0.717, 1.165) is 29.7 Å². The van der Waals surface area contributed by atoms with Gasteiger partial charge in [0, 0.05) is 43.5 Å². The summed E-state index contributed by atoms with van der Waals surface area (Å²) in [5, 5.41) is 7.08. The molecule has 3 heterocycles. The van der Waals surface area contributed by atoms with Crippen molar-refractivity contribution < 1.29 is 14.1 Å². The highest BCUT2D eigenvalue weighted by atomic mass is 16.5. The SMILES string of the molecule is COc1ccc(-c2noc(N3CCC(C(=O)NCc4cccnc4)CC3)n2)cc1. The number of nitrogens with one attached hydrogen (secondary N) is 1. The van der Waals surface area contributed by atoms with Crippen LogP contribution in [0, 0.1) is 5.92 Å². The summed E-state index contributed by atoms with van der Waals surface area (Å²) in [6.45, 7) is 1.91. The lowest BCUT2D eigenvalue weighted by Gasteiger charge is -2.29. The van der Waals surface area contributed by atoms with E-state index in [-0.39, 0.29) is 11.8 Å². The Hall–Kier alpha value is -3.42. The lowest BCUT2D eigenvalue weighted by molar-refractivity contribution is -0.125. The van der Waals surface area contributed by atoms with Crippen molar-refractivity contribution in [3.8, 4) is 17.1 Å². The zero-order valence-corrected chi connectivity index (χ0v) is 16.2. The Bertz CT molecular complexity index is 934. The first-order valence-corrected chi connectivity index (χ1v) is 9.62. The number of aromatic nitrogens is 3. The zero-order valence-electron chi connectivity index (χ0n) is 16.2. The molecule has 0 atom stereocenters. The molecule has 1 N–H and O–H groups in total. The summed E-state index contributed by atoms with van der Waals surface area (Å²) in [6.07, 6.45) is 4.98. The maximum Gasteiger partial charge on any atom is 0.324 e. The average molecular weight is 393 g/mol. The average Bonchev–Trinajstić information content (AvgIpc) is 3.29. The number of hydrogen-bond acceptors (Lipinski definition) is 7. The summed E-state index contributed by atoms with van der Waals surface area (Å²) < 4.78 is 10.6. The molecule has 8 heteroatoms. The van der Waals surface area contributed by atoms with Crippen LogP contribution in [0.4, 0.5) is 6.01 Å². The predicted molar refractivity (Wildman–Crippen MR) is 107 cm³/mol. The smallest absolute Gasteiger partial charge is 0.324 e. The number of benzene rings is 1. The van der Waals surface area contributed by atoms with Crippen LogP contribution in [0.25, 0.3) is 11.4 Å². The first-order valence-electron chi connectivity index (χ1n) is 9.62. The molecule has 0 bridgehead atoms. The Balaban J connectivity index is 1.30. The minimum absolute atomic E-state index is 0.00750. The molecule has 0 spiro atoms. The van der Waals surface area contributed by atoms with Gasteiger partial charge in [0.05, 0.1) is 7.11 Å². The largest absolute Gasteiger partial charge is 0.497 e. The second-order valence-corrected chi connectivity index (χ2v) is 6.97. The van der Waals surface area contributed by atoms with Gasteiger partial charge in [-0.15, -0.1) is 0 Å². The molecule has 29 heavy (non-hydrogen) atoms. The van der Waals surface area contributed by atoms with Gasteiger partial charge >= 0.3 is 6.01 Å². The maximum absolute atomic E-state index is 12.4. The standard InChI is InChI=1S/C21H23N5O3/c1-28-18-6-4-16(5-7-18)19-24-21(29-25-19)26-11-8-17(9-12-26)20(27)23-14-15-3-2-10-22-13-15/h2-7,10,13,17H,8-9,11-12,14H2,1H3,(H,23,27). The Morgan fingerprint density at radius 2 is 2.03 bits per heavy atom. The molecular weight excluding hydrogens is 370 g/mol. The van der Waals surface area contributed by atoms with E-state index in [0.29, 0.717) is 31.5 Å². The van der Waals surface area contributed by atoms with Crippen LogP contribution in [0.15, 0.2) is 53.3 Å². The maximum atomic E-state index is 12.4. The third-order valence-corrected chi connectivity index (χ3v) is 5.09. The number of amides is 1. The fourth-order valence-electron chi connectivity index (χ4n) is 3.37. The third-order valence-electron chi connectivity index (χ3n) is 5.09. The number of piperidine rings is 1. The zero-order chi connectivity index (χ0) is 20.1. The van der Waals surface area contributed by atoms with Crippen LogP contribution in [0.1, 0.15) is 18.4 Å². The molecule has 0 saturated carbocycles. The van der Waals surface area contributed by atoms with Crippen molar-refractivity contribution in [2.24, 2.45) is 5.92 Å². The van der Waals surface area contributed by atoms with Crippen LogP contribution in [0.2, 0.25) is 0 Å². The summed E-state index contributed by atoms with van der Waals surface area (Å²) in [4.78, 5) is 23.0. The first-order chi connectivity index (χ1) is 14.2. The van der Waals surface area contributed by atoms with E-state index >= 15 is 0 Å². The van der Waals surface area contributed by atoms with Gasteiger partial charge in [0.25, 0.3) is 0 Å². The summed E-state index contributed by atoms with van der Waals surface area (Å²) in [6, 6.07) is 11.8. The summed E-state index contributed by atoms with van der Waals surface area (Å²) in [5.41, 5.74) is 1.86. The van der Waals surface area contributed by atoms with Crippen molar-refractivity contribution >= 4 is 11.9 Å². The molecule has 8 nitrogen and oxygen atoms in total. The highest BCUT2D eigenvalue weighted by Gasteiger charge is 2.27. The molecule has 1 saturated heterocycles. The van der Waals surface area contributed by atoms with E-state index in [4.69, 9.17) is 9.26 Å². The molecule has 2 aromatic heterocycles. The van der Waals surface area contributed by atoms with Gasteiger partial charge in [0.15, 0.2) is 0 Å². The number of carbonyl (C=O) groups is 1. The second kappa shape index (κ2) is 8.72. The van der Waals surface area contributed by atoms with Gasteiger partial charge in [-0.05, 0) is 48.7 Å². The van der Waals surface area contributed by atoms with E-state index in [2.05, 4.69) is 20.4 Å². The Labute approximate surface area is 168 Å². The van der Waals surface area contributed by atoms with Crippen LogP contribution < -0.4 is 15.0 Å². The van der Waals surface area contributed by atoms with Crippen LogP contribution in [0.5, 0.6) is 5.75 Å². The van der Waals surface area contributed by atoms with E-state index in [9.17, 15) is 4.79 Å². The Morgan fingerprint density at radius 3 is 2.72 bits per heavy atom. The fourth-order valence-corrected chi connectivity index (χ4v) is 3.37. The van der Waals surface area contributed by atoms with E-state index in [1.54, 1.807) is 19.5 Å². The van der Waals surface area contributed by atoms with E-state index < -0.39 is 0 Å². The van der Waals surface area contributed by atoms with Gasteiger partial charge in [-0.25, -0.2) is 0 Å². The number of rotatable bonds is 6. The first kappa shape index (κ1) is 18.9. The molecule has 1 aliphatic rings. The Morgan fingerprint density at radius 1 is 1.24 bits per heavy atom. The van der Waals surface area contributed by atoms with Gasteiger partial charge in [0.2, 0.25) is 11.7 Å². The number of pyridine rings is 1. The lowest BCUT2D eigenvalue weighted by Crippen LogP contribution is -2.40. The topological polar surface area (TPSA) is 93.4 Å². The van der Waals surface area contributed by atoms with Crippen molar-refractivity contribution in [3.63, 3.8) is 0 Å². The molecule has 1 fully saturated rings. The van der Waals surface area contributed by atoms with Crippen molar-refractivity contribution in [2.75, 3.05) is 25.1 Å². The monoisotopic (exact) mass is 393 g/mol. The number of ether oxygens (including phenoxy) is 1. The van der Waals surface area contributed by atoms with Gasteiger partial charge in [0.1, 0.15) is 5.75 Å². The summed E-state index contributed by atoms with van der Waals surface area (Å²) in [5.74, 6) is 1.39. The minimum Gasteiger partial charge on any atom is -0.497 e. The minimum atomic E-state index is -0.00750. The molecule has 1 aromatic carbocycles. The van der Waals surface area contributed by atoms with E-state index in [1.807, 2.05) is 41.3 Å². The number of anilines is 1. The highest BCUT2D eigenvalue weighted by molar-refractivity contribution is 5.78. The Kier molecular flexibility index (Phi) is 5.69. The number of hydrogen-bond donors (Lipinski definition) is 1. The molecule has 0 unspecified atom stereocenters. The summed E-state index contributed by atoms with van der Waals surface area (Å²) >= 11 is 0. The van der Waals surface area contributed by atoms with Crippen LogP contribution in [-0.2, 0) is 11.3 Å². The molecule has 150 valence electrons. The molecular formula is C21H23N5O3. The van der Waals surface area contributed by atoms with Crippen LogP contribution in [-0.4, -0.2) is 41.2 Å². The normalized spacial score (nSPS) is 14.6. The molecule has 1 aliphatic heterocycles. The number of methoxy groups -OCH3 is 1. The predicted octanol–water partition coefficient (Wildman–Crippen LogP) is 2.67. The second-order valence-electron chi connectivity index (χ2n) is 6.97. The fraction of sp³-hybridized carbons (Fsp3) is 0.333. The highest BCUT2D eigenvalue weighted by Crippen LogP contribution is 2.25. The molecule has 0 radical (unpaired) electrons. The van der Waals surface area contributed by atoms with Crippen LogP contribution >= 0.6 is 0 Å². The lowest BCUT2D eigenvalue weighted by atomic mass is 9.96.